The van der Waals surface area contributed by atoms with Crippen molar-refractivity contribution in [2.24, 2.45) is 5.10 Å². The molecule has 2 N–H and O–H groups in total. The molecule has 0 radical (unpaired) electrons. The van der Waals surface area contributed by atoms with E-state index in [4.69, 9.17) is 34.8 Å². The highest BCUT2D eigenvalue weighted by Crippen LogP contribution is 2.22. The fourth-order valence-electron chi connectivity index (χ4n) is 2.57. The number of hydrogen-bond donors (Lipinski definition) is 2. The lowest BCUT2D eigenvalue weighted by Crippen LogP contribution is -2.19. The molecule has 3 rings (SSSR count). The van der Waals surface area contributed by atoms with Crippen molar-refractivity contribution < 1.29 is 9.59 Å². The summed E-state index contributed by atoms with van der Waals surface area (Å²) >= 11 is 17.9. The van der Waals surface area contributed by atoms with Gasteiger partial charge in [-0.2, -0.15) is 5.10 Å². The van der Waals surface area contributed by atoms with E-state index in [-0.39, 0.29) is 10.9 Å². The van der Waals surface area contributed by atoms with E-state index in [1.807, 2.05) is 0 Å². The van der Waals surface area contributed by atoms with Crippen molar-refractivity contribution in [1.82, 2.24) is 5.43 Å². The van der Waals surface area contributed by atoms with Crippen LogP contribution in [0.25, 0.3) is 0 Å². The third-order valence-corrected chi connectivity index (χ3v) is 5.06. The normalized spacial score (nSPS) is 11.1. The summed E-state index contributed by atoms with van der Waals surface area (Å²) < 4.78 is 0. The molecular weight excluding hydrogens is 445 g/mol. The number of carbonyl (C=O) groups is 2. The lowest BCUT2D eigenvalue weighted by Gasteiger charge is -2.08. The van der Waals surface area contributed by atoms with Crippen LogP contribution in [0.3, 0.4) is 0 Å². The number of benzene rings is 3. The van der Waals surface area contributed by atoms with Gasteiger partial charge in [-0.1, -0.05) is 59.1 Å². The molecular formula is C22H16Cl3N3O2. The Balaban J connectivity index is 1.66. The Morgan fingerprint density at radius 1 is 0.800 bits per heavy atom. The van der Waals surface area contributed by atoms with Crippen molar-refractivity contribution >= 4 is 58.0 Å². The Kier molecular flexibility index (Phi) is 7.11. The molecule has 8 heteroatoms. The van der Waals surface area contributed by atoms with Crippen molar-refractivity contribution in [3.8, 4) is 0 Å². The van der Waals surface area contributed by atoms with Gasteiger partial charge in [-0.3, -0.25) is 9.59 Å². The van der Waals surface area contributed by atoms with Gasteiger partial charge in [0.25, 0.3) is 11.8 Å². The monoisotopic (exact) mass is 459 g/mol. The van der Waals surface area contributed by atoms with E-state index in [9.17, 15) is 9.59 Å². The lowest BCUT2D eigenvalue weighted by molar-refractivity contribution is 0.0954. The molecule has 3 aromatic carbocycles. The summed E-state index contributed by atoms with van der Waals surface area (Å²) in [6.45, 7) is 1.76. The standard InChI is InChI=1S/C22H16Cl3N3O2/c1-13(27-28-22(30)17-4-2-3-5-19(17)24)14-6-9-16(10-7-14)26-21(29)18-11-8-15(23)12-20(18)25/h2-12H,1H3,(H,26,29)(H,28,30)/b27-13-. The summed E-state index contributed by atoms with van der Waals surface area (Å²) in [7, 11) is 0. The van der Waals surface area contributed by atoms with Gasteiger partial charge in [0.05, 0.1) is 26.9 Å². The van der Waals surface area contributed by atoms with Gasteiger partial charge in [-0.15, -0.1) is 0 Å². The summed E-state index contributed by atoms with van der Waals surface area (Å²) in [4.78, 5) is 24.6. The molecule has 0 aliphatic heterocycles. The summed E-state index contributed by atoms with van der Waals surface area (Å²) in [6.07, 6.45) is 0. The van der Waals surface area contributed by atoms with Gasteiger partial charge in [-0.25, -0.2) is 5.43 Å². The molecule has 0 spiro atoms. The molecule has 0 atom stereocenters. The van der Waals surface area contributed by atoms with Crippen LogP contribution in [0, 0.1) is 0 Å². The van der Waals surface area contributed by atoms with E-state index in [0.29, 0.717) is 32.6 Å². The topological polar surface area (TPSA) is 70.6 Å². The van der Waals surface area contributed by atoms with Crippen LogP contribution in [0.1, 0.15) is 33.2 Å². The van der Waals surface area contributed by atoms with Crippen LogP contribution >= 0.6 is 34.8 Å². The molecule has 2 amide bonds. The molecule has 3 aromatic rings. The first kappa shape index (κ1) is 21.8. The SMILES string of the molecule is C/C(=N/NC(=O)c1ccccc1Cl)c1ccc(NC(=O)c2ccc(Cl)cc2Cl)cc1. The molecule has 0 saturated carbocycles. The van der Waals surface area contributed by atoms with Crippen molar-refractivity contribution in [3.05, 3.63) is 98.5 Å². The molecule has 0 unspecified atom stereocenters. The molecule has 0 heterocycles. The maximum atomic E-state index is 12.4. The van der Waals surface area contributed by atoms with Crippen molar-refractivity contribution in [1.29, 1.82) is 0 Å². The highest BCUT2D eigenvalue weighted by Gasteiger charge is 2.12. The van der Waals surface area contributed by atoms with Crippen LogP contribution in [-0.4, -0.2) is 17.5 Å². The number of nitrogens with one attached hydrogen (secondary N) is 2. The van der Waals surface area contributed by atoms with Crippen LogP contribution in [0.15, 0.2) is 71.8 Å². The number of rotatable bonds is 5. The van der Waals surface area contributed by atoms with Crippen molar-refractivity contribution in [3.63, 3.8) is 0 Å². The highest BCUT2D eigenvalue weighted by atomic mass is 35.5. The molecule has 0 aliphatic carbocycles. The van der Waals surface area contributed by atoms with E-state index in [0.717, 1.165) is 5.56 Å². The van der Waals surface area contributed by atoms with Gasteiger partial charge < -0.3 is 5.32 Å². The molecule has 30 heavy (non-hydrogen) atoms. The molecule has 0 aliphatic rings. The number of amides is 2. The lowest BCUT2D eigenvalue weighted by atomic mass is 10.1. The average molecular weight is 461 g/mol. The predicted octanol–water partition coefficient (Wildman–Crippen LogP) is 6.05. The van der Waals surface area contributed by atoms with E-state index >= 15 is 0 Å². The summed E-state index contributed by atoms with van der Waals surface area (Å²) in [6, 6.07) is 18.4. The van der Waals surface area contributed by atoms with Crippen molar-refractivity contribution in [2.45, 2.75) is 6.92 Å². The maximum absolute atomic E-state index is 12.4. The first-order valence-electron chi connectivity index (χ1n) is 8.81. The number of hydrogen-bond acceptors (Lipinski definition) is 3. The summed E-state index contributed by atoms with van der Waals surface area (Å²) in [5.74, 6) is -0.745. The van der Waals surface area contributed by atoms with Gasteiger partial charge in [0.15, 0.2) is 0 Å². The number of hydrazone groups is 1. The van der Waals surface area contributed by atoms with Crippen LogP contribution in [-0.2, 0) is 0 Å². The van der Waals surface area contributed by atoms with Gasteiger partial charge in [0.1, 0.15) is 0 Å². The second-order valence-corrected chi connectivity index (χ2v) is 7.52. The van der Waals surface area contributed by atoms with Crippen LogP contribution in [0.5, 0.6) is 0 Å². The second-order valence-electron chi connectivity index (χ2n) is 6.27. The minimum atomic E-state index is -0.399. The third-order valence-electron chi connectivity index (χ3n) is 4.18. The zero-order valence-electron chi connectivity index (χ0n) is 15.7. The molecule has 0 fully saturated rings. The average Bonchev–Trinajstić information content (AvgIpc) is 2.72. The van der Waals surface area contributed by atoms with E-state index in [1.54, 1.807) is 67.6 Å². The number of anilines is 1. The Bertz CT molecular complexity index is 1130. The first-order valence-corrected chi connectivity index (χ1v) is 9.94. The van der Waals surface area contributed by atoms with E-state index < -0.39 is 5.91 Å². The Labute approximate surface area is 188 Å². The third kappa shape index (κ3) is 5.39. The number of carbonyl (C=O) groups excluding carboxylic acids is 2. The van der Waals surface area contributed by atoms with E-state index in [1.165, 1.54) is 6.07 Å². The van der Waals surface area contributed by atoms with Gasteiger partial charge in [0, 0.05) is 10.7 Å². The zero-order chi connectivity index (χ0) is 21.7. The Morgan fingerprint density at radius 2 is 1.47 bits per heavy atom. The van der Waals surface area contributed by atoms with Crippen LogP contribution in [0.4, 0.5) is 5.69 Å². The first-order chi connectivity index (χ1) is 14.3. The minimum absolute atomic E-state index is 0.272. The largest absolute Gasteiger partial charge is 0.322 e. The molecule has 152 valence electrons. The summed E-state index contributed by atoms with van der Waals surface area (Å²) in [5.41, 5.74) is 5.11. The fraction of sp³-hybridized carbons (Fsp3) is 0.0455. The van der Waals surface area contributed by atoms with Crippen LogP contribution in [0.2, 0.25) is 15.1 Å². The number of nitrogens with zero attached hydrogens (tertiary/aromatic N) is 1. The van der Waals surface area contributed by atoms with Crippen LogP contribution < -0.4 is 10.7 Å². The van der Waals surface area contributed by atoms with E-state index in [2.05, 4.69) is 15.8 Å². The quantitative estimate of drug-likeness (QED) is 0.359. The van der Waals surface area contributed by atoms with Gasteiger partial charge >= 0.3 is 0 Å². The van der Waals surface area contributed by atoms with Gasteiger partial charge in [-0.05, 0) is 55.0 Å². The molecule has 0 aromatic heterocycles. The minimum Gasteiger partial charge on any atom is -0.322 e. The maximum Gasteiger partial charge on any atom is 0.272 e. The molecule has 5 nitrogen and oxygen atoms in total. The second kappa shape index (κ2) is 9.76. The summed E-state index contributed by atoms with van der Waals surface area (Å²) in [5, 5.41) is 7.96. The highest BCUT2D eigenvalue weighted by molar-refractivity contribution is 6.37. The Hall–Kier alpha value is -2.86. The zero-order valence-corrected chi connectivity index (χ0v) is 18.0. The smallest absolute Gasteiger partial charge is 0.272 e. The van der Waals surface area contributed by atoms with Crippen molar-refractivity contribution in [2.75, 3.05) is 5.32 Å². The van der Waals surface area contributed by atoms with Gasteiger partial charge in [0.2, 0.25) is 0 Å². The Morgan fingerprint density at radius 3 is 2.13 bits per heavy atom. The fourth-order valence-corrected chi connectivity index (χ4v) is 3.29. The molecule has 0 bridgehead atoms. The molecule has 0 saturated heterocycles. The predicted molar refractivity (Wildman–Crippen MR) is 122 cm³/mol. The number of halogens is 3.